The fraction of sp³-hybridized carbons (Fsp3) is 0.964. The lowest BCUT2D eigenvalue weighted by atomic mass is 9.35. The van der Waals surface area contributed by atoms with Gasteiger partial charge in [-0.2, -0.15) is 0 Å². The number of hydrogen-bond acceptors (Lipinski definition) is 4. The van der Waals surface area contributed by atoms with Gasteiger partial charge in [-0.25, -0.2) is 0 Å². The average molecular weight is 449 g/mol. The van der Waals surface area contributed by atoms with Crippen molar-refractivity contribution in [3.63, 3.8) is 0 Å². The van der Waals surface area contributed by atoms with E-state index in [1.54, 1.807) is 0 Å². The Morgan fingerprint density at radius 1 is 0.818 bits per heavy atom. The fourth-order valence-electron chi connectivity index (χ4n) is 15.8. The lowest BCUT2D eigenvalue weighted by molar-refractivity contribution is -0.250. The first-order valence-electron chi connectivity index (χ1n) is 14.1. The number of carboxylic acid groups (broad SMARTS) is 1. The molecule has 33 heavy (non-hydrogen) atoms. The molecule has 3 aliphatic heterocycles. The molecule has 0 spiro atoms. The molecule has 12 fully saturated rings. The van der Waals surface area contributed by atoms with Crippen LogP contribution in [0.4, 0.5) is 0 Å². The van der Waals surface area contributed by atoms with Crippen molar-refractivity contribution in [1.82, 2.24) is 0 Å². The molecular formula is C28H32O5. The number of carboxylic acids is 1. The Kier molecular flexibility index (Phi) is 1.85. The molecule has 3 heterocycles. The van der Waals surface area contributed by atoms with Gasteiger partial charge in [-0.15, -0.1) is 0 Å². The first-order chi connectivity index (χ1) is 15.8. The van der Waals surface area contributed by atoms with Gasteiger partial charge < -0.3 is 19.3 Å². The van der Waals surface area contributed by atoms with Crippen LogP contribution >= 0.6 is 0 Å². The summed E-state index contributed by atoms with van der Waals surface area (Å²) in [5.74, 6) is 0.997. The Hall–Kier alpha value is -0.650. The molecule has 3 saturated heterocycles. The standard InChI is InChI=1S/C28H32O5/c1-2-25(19-5-3-14(7-19)22-11-26(19,22)31-22,20-6-4-15(8-20)23-12-27(20,23)32-23)21-9-16(18(29)30)17(10-21)24-13-28(21,24)33-24/h14-17H,2-13H2,1H3,(H,29,30). The topological polar surface area (TPSA) is 74.9 Å². The molecular weight excluding hydrogens is 416 g/mol. The molecule has 9 aliphatic carbocycles. The van der Waals surface area contributed by atoms with Crippen LogP contribution in [0.2, 0.25) is 0 Å². The number of ether oxygens (including phenoxy) is 3. The van der Waals surface area contributed by atoms with Gasteiger partial charge in [0.25, 0.3) is 0 Å². The SMILES string of the molecule is CCC(C12CCC(C1)C13CC12O3)(C12CCC(C1)C13CC12O3)C12CC(C(=O)O)C(C1)C13CC12O3. The van der Waals surface area contributed by atoms with Crippen LogP contribution in [0.3, 0.4) is 0 Å². The van der Waals surface area contributed by atoms with Crippen molar-refractivity contribution in [1.29, 1.82) is 0 Å². The van der Waals surface area contributed by atoms with Gasteiger partial charge in [0.15, 0.2) is 0 Å². The second-order valence-electron chi connectivity index (χ2n) is 15.3. The maximum Gasteiger partial charge on any atom is 0.306 e. The predicted octanol–water partition coefficient (Wildman–Crippen LogP) is 3.83. The van der Waals surface area contributed by atoms with E-state index in [1.807, 2.05) is 0 Å². The summed E-state index contributed by atoms with van der Waals surface area (Å²) in [5.41, 5.74) is 1.24. The summed E-state index contributed by atoms with van der Waals surface area (Å²) < 4.78 is 20.4. The van der Waals surface area contributed by atoms with Crippen molar-refractivity contribution >= 4 is 5.97 Å². The Bertz CT molecular complexity index is 1150. The van der Waals surface area contributed by atoms with Crippen LogP contribution in [-0.4, -0.2) is 44.7 Å². The van der Waals surface area contributed by atoms with Gasteiger partial charge in [-0.05, 0) is 75.0 Å². The van der Waals surface area contributed by atoms with E-state index in [-0.39, 0.29) is 67.1 Å². The summed E-state index contributed by atoms with van der Waals surface area (Å²) in [6.45, 7) is 2.51. The monoisotopic (exact) mass is 448 g/mol. The zero-order valence-electron chi connectivity index (χ0n) is 19.4. The van der Waals surface area contributed by atoms with Crippen molar-refractivity contribution in [2.45, 2.75) is 118 Å². The van der Waals surface area contributed by atoms with Crippen molar-refractivity contribution in [2.24, 2.45) is 45.3 Å². The molecule has 5 nitrogen and oxygen atoms in total. The lowest BCUT2D eigenvalue weighted by Crippen LogP contribution is -2.68. The second kappa shape index (κ2) is 3.62. The van der Waals surface area contributed by atoms with Crippen LogP contribution < -0.4 is 0 Å². The van der Waals surface area contributed by atoms with Gasteiger partial charge >= 0.3 is 5.97 Å². The zero-order valence-corrected chi connectivity index (χ0v) is 19.4. The number of epoxide rings is 3. The Balaban J connectivity index is 1.20. The molecule has 0 aromatic carbocycles. The Morgan fingerprint density at radius 2 is 1.33 bits per heavy atom. The van der Waals surface area contributed by atoms with Crippen LogP contribution in [-0.2, 0) is 19.0 Å². The highest BCUT2D eigenvalue weighted by Gasteiger charge is 3.13. The molecule has 9 saturated carbocycles. The summed E-state index contributed by atoms with van der Waals surface area (Å²) in [6.07, 6.45) is 14.9. The first-order valence-corrected chi connectivity index (χ1v) is 14.1. The Morgan fingerprint density at radius 3 is 1.79 bits per heavy atom. The van der Waals surface area contributed by atoms with E-state index in [9.17, 15) is 9.90 Å². The lowest BCUT2D eigenvalue weighted by Gasteiger charge is -2.68. The summed E-state index contributed by atoms with van der Waals surface area (Å²) in [4.78, 5) is 12.6. The summed E-state index contributed by atoms with van der Waals surface area (Å²) in [5, 5.41) is 10.4. The number of fused-ring (bicyclic) bond motifs is 6. The van der Waals surface area contributed by atoms with Crippen molar-refractivity contribution < 1.29 is 24.1 Å². The second-order valence-corrected chi connectivity index (χ2v) is 15.3. The van der Waals surface area contributed by atoms with Crippen LogP contribution in [0.15, 0.2) is 0 Å². The van der Waals surface area contributed by atoms with Crippen molar-refractivity contribution in [3.05, 3.63) is 0 Å². The van der Waals surface area contributed by atoms with Gasteiger partial charge in [0, 0.05) is 41.4 Å². The van der Waals surface area contributed by atoms with E-state index in [0.717, 1.165) is 31.1 Å². The minimum Gasteiger partial charge on any atom is -0.481 e. The van der Waals surface area contributed by atoms with Crippen molar-refractivity contribution in [3.8, 4) is 0 Å². The maximum absolute atomic E-state index is 12.6. The highest BCUT2D eigenvalue weighted by Crippen LogP contribution is 3.07. The highest BCUT2D eigenvalue weighted by atomic mass is 16.7. The number of carbonyl (C=O) groups is 1. The molecule has 12 rings (SSSR count). The maximum atomic E-state index is 12.6. The molecule has 13 atom stereocenters. The molecule has 0 radical (unpaired) electrons. The van der Waals surface area contributed by atoms with E-state index < -0.39 is 5.97 Å². The molecule has 6 bridgehead atoms. The minimum absolute atomic E-state index is 0.00361. The molecule has 1 N–H and O–H groups in total. The average Bonchev–Trinajstić information content (AvgIpc) is 3.70. The summed E-state index contributed by atoms with van der Waals surface area (Å²) >= 11 is 0. The van der Waals surface area contributed by atoms with E-state index in [4.69, 9.17) is 14.2 Å². The third kappa shape index (κ3) is 0.988. The smallest absolute Gasteiger partial charge is 0.306 e. The van der Waals surface area contributed by atoms with Gasteiger partial charge in [0.05, 0.1) is 5.92 Å². The van der Waals surface area contributed by atoms with Gasteiger partial charge in [-0.1, -0.05) is 6.92 Å². The van der Waals surface area contributed by atoms with Gasteiger partial charge in [-0.3, -0.25) is 4.79 Å². The normalized spacial score (nSPS) is 79.7. The third-order valence-electron chi connectivity index (χ3n) is 16.3. The minimum atomic E-state index is -0.554. The van der Waals surface area contributed by atoms with Crippen LogP contribution in [0, 0.1) is 45.3 Å². The molecule has 174 valence electrons. The van der Waals surface area contributed by atoms with Crippen LogP contribution in [0.25, 0.3) is 0 Å². The molecule has 0 aromatic heterocycles. The van der Waals surface area contributed by atoms with Gasteiger partial charge in [0.2, 0.25) is 0 Å². The molecule has 0 amide bonds. The summed E-state index contributed by atoms with van der Waals surface area (Å²) in [7, 11) is 0. The predicted molar refractivity (Wildman–Crippen MR) is 112 cm³/mol. The quantitative estimate of drug-likeness (QED) is 0.647. The summed E-state index contributed by atoms with van der Waals surface area (Å²) in [6, 6.07) is 0. The first kappa shape index (κ1) is 16.9. The van der Waals surface area contributed by atoms with E-state index >= 15 is 0 Å². The highest BCUT2D eigenvalue weighted by molar-refractivity contribution is 5.75. The van der Waals surface area contributed by atoms with E-state index in [0.29, 0.717) is 0 Å². The molecule has 5 heteroatoms. The molecule has 13 unspecified atom stereocenters. The largest absolute Gasteiger partial charge is 0.481 e. The fourth-order valence-corrected chi connectivity index (χ4v) is 15.8. The number of hydrogen-bond donors (Lipinski definition) is 1. The van der Waals surface area contributed by atoms with Gasteiger partial charge in [0.1, 0.15) is 33.6 Å². The van der Waals surface area contributed by atoms with Crippen LogP contribution in [0.5, 0.6) is 0 Å². The van der Waals surface area contributed by atoms with Crippen LogP contribution in [0.1, 0.15) is 84.0 Å². The number of rotatable bonds is 5. The van der Waals surface area contributed by atoms with Crippen molar-refractivity contribution in [2.75, 3.05) is 0 Å². The number of aliphatic carboxylic acids is 1. The third-order valence-corrected chi connectivity index (χ3v) is 16.3. The zero-order chi connectivity index (χ0) is 21.5. The molecule has 0 aromatic rings. The molecule has 12 aliphatic rings. The van der Waals surface area contributed by atoms with E-state index in [1.165, 1.54) is 57.8 Å². The van der Waals surface area contributed by atoms with E-state index in [2.05, 4.69) is 6.92 Å². The Labute approximate surface area is 193 Å².